The van der Waals surface area contributed by atoms with Crippen LogP contribution >= 0.6 is 23.2 Å². The lowest BCUT2D eigenvalue weighted by Gasteiger charge is -2.19. The van der Waals surface area contributed by atoms with Crippen LogP contribution in [-0.2, 0) is 46.2 Å². The van der Waals surface area contributed by atoms with E-state index in [0.717, 1.165) is 12.1 Å². The molecule has 5 rings (SSSR count). The molecule has 0 saturated heterocycles. The van der Waals surface area contributed by atoms with E-state index >= 15 is 0 Å². The molecule has 4 aromatic rings. The van der Waals surface area contributed by atoms with E-state index in [9.17, 15) is 25.3 Å². The largest absolute Gasteiger partial charge is 0.423 e. The van der Waals surface area contributed by atoms with Crippen LogP contribution in [0.2, 0.25) is 10.0 Å². The van der Waals surface area contributed by atoms with Crippen molar-refractivity contribution < 1.29 is 34.5 Å². The molecule has 0 bridgehead atoms. The van der Waals surface area contributed by atoms with E-state index in [2.05, 4.69) is 15.4 Å². The van der Waals surface area contributed by atoms with Gasteiger partial charge in [-0.15, -0.1) is 14.3 Å². The zero-order valence-corrected chi connectivity index (χ0v) is 25.1. The standard InChI is InChI=1S/C25H20Cl2N4O8S3/c26-18-8-6-17(7-9-18)24-25(23(30-39-24)16-4-2-1-3-5-16)40(32,33)14-21-28-29-22(38-21)15-41(34,35)31-42(36,37)20-12-10-19(27)11-13-20/h1-13,24-25,31H,14-15H2. The van der Waals surface area contributed by atoms with Crippen molar-refractivity contribution in [1.29, 1.82) is 0 Å². The molecule has 1 aliphatic heterocycles. The Morgan fingerprint density at radius 1 is 0.738 bits per heavy atom. The van der Waals surface area contributed by atoms with Gasteiger partial charge in [0.25, 0.3) is 10.0 Å². The van der Waals surface area contributed by atoms with Crippen LogP contribution in [0.5, 0.6) is 0 Å². The summed E-state index contributed by atoms with van der Waals surface area (Å²) in [6.07, 6.45) is -1.02. The van der Waals surface area contributed by atoms with Crippen LogP contribution in [0.15, 0.2) is 93.3 Å². The summed E-state index contributed by atoms with van der Waals surface area (Å²) in [4.78, 5) is 5.25. The fourth-order valence-electron chi connectivity index (χ4n) is 4.12. The van der Waals surface area contributed by atoms with E-state index in [1.54, 1.807) is 58.7 Å². The lowest BCUT2D eigenvalue weighted by Crippen LogP contribution is -2.34. The van der Waals surface area contributed by atoms with Crippen molar-refractivity contribution in [2.75, 3.05) is 0 Å². The van der Waals surface area contributed by atoms with Gasteiger partial charge in [0.15, 0.2) is 21.2 Å². The maximum Gasteiger partial charge on any atom is 0.253 e. The minimum absolute atomic E-state index is 0.162. The highest BCUT2D eigenvalue weighted by Gasteiger charge is 2.46. The summed E-state index contributed by atoms with van der Waals surface area (Å²) in [5, 5.41) is 10.8. The molecule has 1 N–H and O–H groups in total. The van der Waals surface area contributed by atoms with E-state index in [1.165, 1.54) is 12.1 Å². The summed E-state index contributed by atoms with van der Waals surface area (Å²) in [6, 6.07) is 19.9. The number of benzene rings is 3. The van der Waals surface area contributed by atoms with Gasteiger partial charge in [0.2, 0.25) is 21.8 Å². The predicted molar refractivity (Wildman–Crippen MR) is 153 cm³/mol. The second kappa shape index (κ2) is 11.7. The first-order valence-corrected chi connectivity index (χ1v) is 17.5. The number of hydrogen-bond donors (Lipinski definition) is 1. The van der Waals surface area contributed by atoms with Crippen molar-refractivity contribution in [3.8, 4) is 0 Å². The topological polar surface area (TPSA) is 175 Å². The number of sulfone groups is 1. The Hall–Kier alpha value is -3.34. The molecule has 2 atom stereocenters. The number of aromatic nitrogens is 2. The van der Waals surface area contributed by atoms with Gasteiger partial charge in [-0.1, -0.05) is 70.8 Å². The average Bonchev–Trinajstić information content (AvgIpc) is 3.56. The molecule has 0 fully saturated rings. The lowest BCUT2D eigenvalue weighted by atomic mass is 10.00. The van der Waals surface area contributed by atoms with Crippen molar-refractivity contribution in [2.24, 2.45) is 5.16 Å². The zero-order chi connectivity index (χ0) is 30.1. The van der Waals surface area contributed by atoms with Crippen LogP contribution in [0.3, 0.4) is 0 Å². The van der Waals surface area contributed by atoms with Crippen LogP contribution in [0.4, 0.5) is 0 Å². The first kappa shape index (κ1) is 30.1. The second-order valence-corrected chi connectivity index (χ2v) is 15.7. The molecule has 3 aromatic carbocycles. The number of oxime groups is 1. The average molecular weight is 672 g/mol. The van der Waals surface area contributed by atoms with Crippen LogP contribution < -0.4 is 4.13 Å². The predicted octanol–water partition coefficient (Wildman–Crippen LogP) is 3.64. The van der Waals surface area contributed by atoms with Crippen molar-refractivity contribution >= 4 is 58.8 Å². The van der Waals surface area contributed by atoms with Crippen LogP contribution in [0, 0.1) is 0 Å². The maximum absolute atomic E-state index is 13.8. The molecule has 2 unspecified atom stereocenters. The molecule has 220 valence electrons. The summed E-state index contributed by atoms with van der Waals surface area (Å²) in [5.41, 5.74) is 1.19. The fraction of sp³-hybridized carbons (Fsp3) is 0.160. The number of nitrogens with zero attached hydrogens (tertiary/aromatic N) is 3. The Morgan fingerprint density at radius 3 is 1.93 bits per heavy atom. The molecule has 0 amide bonds. The highest BCUT2D eigenvalue weighted by atomic mass is 35.5. The molecule has 1 aliphatic rings. The van der Waals surface area contributed by atoms with E-state index in [1.807, 2.05) is 0 Å². The third-order valence-corrected chi connectivity index (χ3v) is 11.8. The lowest BCUT2D eigenvalue weighted by molar-refractivity contribution is 0.0870. The number of sulfonamides is 2. The van der Waals surface area contributed by atoms with Crippen LogP contribution in [0.25, 0.3) is 0 Å². The van der Waals surface area contributed by atoms with Gasteiger partial charge in [0.1, 0.15) is 17.2 Å². The van der Waals surface area contributed by atoms with Crippen molar-refractivity contribution in [2.45, 2.75) is 27.8 Å². The van der Waals surface area contributed by atoms with Crippen molar-refractivity contribution in [1.82, 2.24) is 14.3 Å². The monoisotopic (exact) mass is 670 g/mol. The van der Waals surface area contributed by atoms with E-state index in [0.29, 0.717) is 16.1 Å². The molecular formula is C25H20Cl2N4O8S3. The summed E-state index contributed by atoms with van der Waals surface area (Å²) >= 11 is 11.7. The smallest absolute Gasteiger partial charge is 0.253 e. The minimum Gasteiger partial charge on any atom is -0.423 e. The summed E-state index contributed by atoms with van der Waals surface area (Å²) in [6.45, 7) is 0. The molecule has 0 radical (unpaired) electrons. The number of rotatable bonds is 10. The minimum atomic E-state index is -4.56. The second-order valence-electron chi connectivity index (χ2n) is 9.04. The molecule has 17 heteroatoms. The molecule has 1 aromatic heterocycles. The Bertz CT molecular complexity index is 1950. The van der Waals surface area contributed by atoms with E-state index < -0.39 is 64.5 Å². The van der Waals surface area contributed by atoms with Gasteiger partial charge in [-0.05, 0) is 42.0 Å². The molecule has 0 saturated carbocycles. The fourth-order valence-corrected chi connectivity index (χ4v) is 9.01. The molecule has 12 nitrogen and oxygen atoms in total. The molecule has 0 spiro atoms. The van der Waals surface area contributed by atoms with Crippen LogP contribution in [-0.4, -0.2) is 46.4 Å². The highest BCUT2D eigenvalue weighted by molar-refractivity contribution is 8.04. The van der Waals surface area contributed by atoms with Gasteiger partial charge in [0.05, 0.1) is 4.90 Å². The zero-order valence-electron chi connectivity index (χ0n) is 21.2. The Balaban J connectivity index is 1.37. The Labute approximate surface area is 251 Å². The van der Waals surface area contributed by atoms with Gasteiger partial charge >= 0.3 is 0 Å². The number of nitrogens with one attached hydrogen (secondary N) is 1. The number of hydrogen-bond acceptors (Lipinski definition) is 11. The van der Waals surface area contributed by atoms with Gasteiger partial charge in [0, 0.05) is 15.6 Å². The SMILES string of the molecule is O=S(=O)(Cc1nnc(CS(=O)(=O)C2C(c3ccccc3)=NOC2c2ccc(Cl)cc2)o1)NS(=O)(=O)c1ccc(Cl)cc1. The Kier molecular flexibility index (Phi) is 8.42. The van der Waals surface area contributed by atoms with Gasteiger partial charge in [-0.25, -0.2) is 25.3 Å². The normalized spacial score (nSPS) is 17.5. The molecular weight excluding hydrogens is 651 g/mol. The summed E-state index contributed by atoms with van der Waals surface area (Å²) in [5.74, 6) is -2.73. The van der Waals surface area contributed by atoms with Gasteiger partial charge < -0.3 is 9.25 Å². The van der Waals surface area contributed by atoms with Crippen LogP contribution in [0.1, 0.15) is 29.0 Å². The van der Waals surface area contributed by atoms with Crippen molar-refractivity contribution in [3.63, 3.8) is 0 Å². The van der Waals surface area contributed by atoms with E-state index in [4.69, 9.17) is 32.5 Å². The van der Waals surface area contributed by atoms with Gasteiger partial charge in [-0.2, -0.15) is 0 Å². The first-order chi connectivity index (χ1) is 19.8. The molecule has 0 aliphatic carbocycles. The van der Waals surface area contributed by atoms with E-state index in [-0.39, 0.29) is 15.6 Å². The highest BCUT2D eigenvalue weighted by Crippen LogP contribution is 2.36. The van der Waals surface area contributed by atoms with Gasteiger partial charge in [-0.3, -0.25) is 0 Å². The first-order valence-electron chi connectivity index (χ1n) is 11.9. The molecule has 2 heterocycles. The molecule has 42 heavy (non-hydrogen) atoms. The quantitative estimate of drug-likeness (QED) is 0.262. The summed E-state index contributed by atoms with van der Waals surface area (Å²) in [7, 11) is -13.2. The van der Waals surface area contributed by atoms with Crippen molar-refractivity contribution in [3.05, 3.63) is 112 Å². The summed E-state index contributed by atoms with van der Waals surface area (Å²) < 4.78 is 84.6. The third kappa shape index (κ3) is 6.82. The third-order valence-electron chi connectivity index (χ3n) is 5.97. The number of halogens is 2. The Morgan fingerprint density at radius 2 is 1.31 bits per heavy atom. The maximum atomic E-state index is 13.8.